The first kappa shape index (κ1) is 13.0. The van der Waals surface area contributed by atoms with Crippen LogP contribution < -0.4 is 11.1 Å². The molecule has 0 aromatic heterocycles. The number of halogens is 1. The van der Waals surface area contributed by atoms with Gasteiger partial charge in [-0.2, -0.15) is 0 Å². The van der Waals surface area contributed by atoms with Crippen LogP contribution in [0.5, 0.6) is 11.5 Å². The number of nitrogen functional groups attached to an aromatic ring is 1. The molecule has 0 radical (unpaired) electrons. The number of amides is 1. The van der Waals surface area contributed by atoms with E-state index >= 15 is 0 Å². The average Bonchev–Trinajstić information content (AvgIpc) is 2.35. The SMILES string of the molecule is Nc1cc(O)ccc1NC(=O)c1cc(Cl)ccc1O. The van der Waals surface area contributed by atoms with Crippen LogP contribution in [0.1, 0.15) is 10.4 Å². The normalized spacial score (nSPS) is 10.2. The Morgan fingerprint density at radius 2 is 1.89 bits per heavy atom. The van der Waals surface area contributed by atoms with Crippen LogP contribution in [0.2, 0.25) is 5.02 Å². The van der Waals surface area contributed by atoms with Gasteiger partial charge < -0.3 is 21.3 Å². The topological polar surface area (TPSA) is 95.6 Å². The molecular weight excluding hydrogens is 268 g/mol. The Morgan fingerprint density at radius 3 is 2.58 bits per heavy atom. The van der Waals surface area contributed by atoms with Crippen molar-refractivity contribution in [1.82, 2.24) is 0 Å². The van der Waals surface area contributed by atoms with Gasteiger partial charge in [0.25, 0.3) is 5.91 Å². The average molecular weight is 279 g/mol. The maximum Gasteiger partial charge on any atom is 0.259 e. The summed E-state index contributed by atoms with van der Waals surface area (Å²) in [7, 11) is 0. The molecule has 2 rings (SSSR count). The number of hydrogen-bond donors (Lipinski definition) is 4. The molecule has 5 N–H and O–H groups in total. The lowest BCUT2D eigenvalue weighted by molar-refractivity contribution is 0.102. The van der Waals surface area contributed by atoms with E-state index in [0.717, 1.165) is 0 Å². The molecule has 6 heteroatoms. The Bertz CT molecular complexity index is 644. The van der Waals surface area contributed by atoms with Crippen LogP contribution in [-0.2, 0) is 0 Å². The van der Waals surface area contributed by atoms with Crippen molar-refractivity contribution in [2.45, 2.75) is 0 Å². The minimum atomic E-state index is -0.544. The maximum absolute atomic E-state index is 12.0. The van der Waals surface area contributed by atoms with Crippen molar-refractivity contribution < 1.29 is 15.0 Å². The molecule has 5 nitrogen and oxygen atoms in total. The molecule has 0 saturated heterocycles. The third-order valence-electron chi connectivity index (χ3n) is 2.49. The quantitative estimate of drug-likeness (QED) is 0.501. The molecule has 2 aromatic rings. The monoisotopic (exact) mass is 278 g/mol. The van der Waals surface area contributed by atoms with Gasteiger partial charge >= 0.3 is 0 Å². The van der Waals surface area contributed by atoms with Crippen LogP contribution in [0.3, 0.4) is 0 Å². The minimum absolute atomic E-state index is 0.00102. The molecule has 0 aliphatic heterocycles. The summed E-state index contributed by atoms with van der Waals surface area (Å²) < 4.78 is 0. The molecule has 0 fully saturated rings. The summed E-state index contributed by atoms with van der Waals surface area (Å²) in [4.78, 5) is 12.0. The number of phenols is 2. The molecule has 0 saturated carbocycles. The van der Waals surface area contributed by atoms with Crippen molar-refractivity contribution in [3.05, 3.63) is 47.0 Å². The number of nitrogens with two attached hydrogens (primary N) is 1. The first-order valence-corrected chi connectivity index (χ1v) is 5.73. The molecule has 0 atom stereocenters. The molecule has 0 aliphatic carbocycles. The molecule has 0 bridgehead atoms. The predicted molar refractivity (Wildman–Crippen MR) is 73.6 cm³/mol. The minimum Gasteiger partial charge on any atom is -0.508 e. The highest BCUT2D eigenvalue weighted by molar-refractivity contribution is 6.31. The Hall–Kier alpha value is -2.40. The van der Waals surface area contributed by atoms with Crippen LogP contribution >= 0.6 is 11.6 Å². The lowest BCUT2D eigenvalue weighted by atomic mass is 10.1. The first-order chi connectivity index (χ1) is 8.97. The van der Waals surface area contributed by atoms with E-state index in [1.54, 1.807) is 0 Å². The second-order valence-electron chi connectivity index (χ2n) is 3.89. The number of carbonyl (C=O) groups excluding carboxylic acids is 1. The van der Waals surface area contributed by atoms with Crippen LogP contribution in [0.25, 0.3) is 0 Å². The van der Waals surface area contributed by atoms with Crippen molar-refractivity contribution in [2.24, 2.45) is 0 Å². The van der Waals surface area contributed by atoms with Gasteiger partial charge in [0.1, 0.15) is 11.5 Å². The fourth-order valence-electron chi connectivity index (χ4n) is 1.54. The van der Waals surface area contributed by atoms with Crippen molar-refractivity contribution in [2.75, 3.05) is 11.1 Å². The van der Waals surface area contributed by atoms with Crippen molar-refractivity contribution in [3.63, 3.8) is 0 Å². The van der Waals surface area contributed by atoms with Gasteiger partial charge in [0.2, 0.25) is 0 Å². The van der Waals surface area contributed by atoms with Gasteiger partial charge in [0, 0.05) is 11.1 Å². The standard InChI is InChI=1S/C13H11ClN2O3/c14-7-1-4-12(18)9(5-7)13(19)16-11-3-2-8(17)6-10(11)15/h1-6,17-18H,15H2,(H,16,19). The van der Waals surface area contributed by atoms with Crippen LogP contribution in [0.15, 0.2) is 36.4 Å². The summed E-state index contributed by atoms with van der Waals surface area (Å²) in [6.07, 6.45) is 0. The van der Waals surface area contributed by atoms with E-state index in [2.05, 4.69) is 5.32 Å². The van der Waals surface area contributed by atoms with Gasteiger partial charge in [-0.3, -0.25) is 4.79 Å². The molecule has 2 aromatic carbocycles. The molecule has 0 unspecified atom stereocenters. The highest BCUT2D eigenvalue weighted by atomic mass is 35.5. The summed E-state index contributed by atoms with van der Waals surface area (Å²) in [5, 5.41) is 21.7. The van der Waals surface area contributed by atoms with E-state index in [0.29, 0.717) is 10.7 Å². The predicted octanol–water partition coefficient (Wildman–Crippen LogP) is 2.59. The summed E-state index contributed by atoms with van der Waals surface area (Å²) in [6, 6.07) is 8.32. The van der Waals surface area contributed by atoms with E-state index in [1.165, 1.54) is 36.4 Å². The molecule has 98 valence electrons. The van der Waals surface area contributed by atoms with Gasteiger partial charge in [-0.25, -0.2) is 0 Å². The maximum atomic E-state index is 12.0. The Kier molecular flexibility index (Phi) is 3.48. The van der Waals surface area contributed by atoms with Gasteiger partial charge in [-0.15, -0.1) is 0 Å². The number of hydrogen-bond acceptors (Lipinski definition) is 4. The number of carbonyl (C=O) groups is 1. The zero-order valence-electron chi connectivity index (χ0n) is 9.72. The molecule has 1 amide bonds. The van der Waals surface area contributed by atoms with E-state index in [9.17, 15) is 15.0 Å². The lowest BCUT2D eigenvalue weighted by Crippen LogP contribution is -2.13. The first-order valence-electron chi connectivity index (χ1n) is 5.36. The summed E-state index contributed by atoms with van der Waals surface area (Å²) in [5.74, 6) is -0.724. The third kappa shape index (κ3) is 2.89. The smallest absolute Gasteiger partial charge is 0.259 e. The highest BCUT2D eigenvalue weighted by Crippen LogP contribution is 2.26. The number of aromatic hydroxyl groups is 2. The Labute approximate surface area is 114 Å². The van der Waals surface area contributed by atoms with Gasteiger partial charge in [0.05, 0.1) is 16.9 Å². The Morgan fingerprint density at radius 1 is 1.16 bits per heavy atom. The molecule has 0 spiro atoms. The zero-order valence-corrected chi connectivity index (χ0v) is 10.5. The lowest BCUT2D eigenvalue weighted by Gasteiger charge is -2.09. The van der Waals surface area contributed by atoms with E-state index in [4.69, 9.17) is 17.3 Å². The van der Waals surface area contributed by atoms with Crippen molar-refractivity contribution in [1.29, 1.82) is 0 Å². The molecule has 19 heavy (non-hydrogen) atoms. The highest BCUT2D eigenvalue weighted by Gasteiger charge is 2.13. The second kappa shape index (κ2) is 5.07. The summed E-state index contributed by atoms with van der Waals surface area (Å²) in [6.45, 7) is 0. The van der Waals surface area contributed by atoms with Crippen LogP contribution in [-0.4, -0.2) is 16.1 Å². The van der Waals surface area contributed by atoms with Gasteiger partial charge in [-0.1, -0.05) is 11.6 Å². The van der Waals surface area contributed by atoms with Crippen LogP contribution in [0.4, 0.5) is 11.4 Å². The van der Waals surface area contributed by atoms with Gasteiger partial charge in [0.15, 0.2) is 0 Å². The number of rotatable bonds is 2. The van der Waals surface area contributed by atoms with E-state index in [-0.39, 0.29) is 22.7 Å². The van der Waals surface area contributed by atoms with Crippen molar-refractivity contribution >= 4 is 28.9 Å². The zero-order chi connectivity index (χ0) is 14.0. The summed E-state index contributed by atoms with van der Waals surface area (Å²) >= 11 is 5.77. The molecular formula is C13H11ClN2O3. The van der Waals surface area contributed by atoms with Gasteiger partial charge in [-0.05, 0) is 30.3 Å². The fourth-order valence-corrected chi connectivity index (χ4v) is 1.72. The van der Waals surface area contributed by atoms with E-state index in [1.807, 2.05) is 0 Å². The second-order valence-corrected chi connectivity index (χ2v) is 4.32. The molecule has 0 heterocycles. The largest absolute Gasteiger partial charge is 0.508 e. The number of anilines is 2. The number of benzene rings is 2. The van der Waals surface area contributed by atoms with Crippen LogP contribution in [0, 0.1) is 0 Å². The fraction of sp³-hybridized carbons (Fsp3) is 0. The number of phenolic OH excluding ortho intramolecular Hbond substituents is 2. The third-order valence-corrected chi connectivity index (χ3v) is 2.72. The van der Waals surface area contributed by atoms with E-state index < -0.39 is 5.91 Å². The van der Waals surface area contributed by atoms with Crippen molar-refractivity contribution in [3.8, 4) is 11.5 Å². The summed E-state index contributed by atoms with van der Waals surface area (Å²) in [5.41, 5.74) is 6.25. The number of nitrogens with one attached hydrogen (secondary N) is 1. The molecule has 0 aliphatic rings. The Balaban J connectivity index is 2.28.